The van der Waals surface area contributed by atoms with Crippen LogP contribution in [0.1, 0.15) is 22.8 Å². The van der Waals surface area contributed by atoms with E-state index in [2.05, 4.69) is 5.32 Å². The molecule has 0 aliphatic rings. The van der Waals surface area contributed by atoms with Crippen LogP contribution in [-0.4, -0.2) is 12.5 Å². The summed E-state index contributed by atoms with van der Waals surface area (Å²) in [4.78, 5) is 12.3. The van der Waals surface area contributed by atoms with E-state index in [1.165, 1.54) is 0 Å². The van der Waals surface area contributed by atoms with Crippen molar-refractivity contribution in [3.63, 3.8) is 0 Å². The fourth-order valence-corrected chi connectivity index (χ4v) is 2.40. The second-order valence-electron chi connectivity index (χ2n) is 4.46. The van der Waals surface area contributed by atoms with Gasteiger partial charge in [-0.3, -0.25) is 4.79 Å². The number of ether oxygens (including phenoxy) is 1. The van der Waals surface area contributed by atoms with Crippen LogP contribution in [-0.2, 0) is 0 Å². The molecule has 0 unspecified atom stereocenters. The lowest BCUT2D eigenvalue weighted by molar-refractivity contribution is 0.102. The number of anilines is 1. The Morgan fingerprint density at radius 3 is 2.43 bits per heavy atom. The lowest BCUT2D eigenvalue weighted by Crippen LogP contribution is -2.13. The number of carbonyl (C=O) groups is 1. The van der Waals surface area contributed by atoms with E-state index in [1.54, 1.807) is 36.4 Å². The average molecular weight is 324 g/mol. The Balaban J connectivity index is 2.23. The highest BCUT2D eigenvalue weighted by atomic mass is 35.5. The largest absolute Gasteiger partial charge is 0.494 e. The van der Waals surface area contributed by atoms with E-state index in [4.69, 9.17) is 27.9 Å². The predicted octanol–water partition coefficient (Wildman–Crippen LogP) is 4.95. The summed E-state index contributed by atoms with van der Waals surface area (Å²) in [6, 6.07) is 10.3. The molecule has 0 saturated carbocycles. The van der Waals surface area contributed by atoms with E-state index in [1.807, 2.05) is 13.8 Å². The van der Waals surface area contributed by atoms with Crippen molar-refractivity contribution in [3.8, 4) is 5.75 Å². The SMILES string of the molecule is CCOc1ccc(C(=O)Nc2c(Cl)cccc2Cl)cc1C. The van der Waals surface area contributed by atoms with Crippen molar-refractivity contribution in [3.05, 3.63) is 57.6 Å². The van der Waals surface area contributed by atoms with Crippen LogP contribution in [0, 0.1) is 6.92 Å². The summed E-state index contributed by atoms with van der Waals surface area (Å²) in [7, 11) is 0. The Bertz CT molecular complexity index is 651. The Morgan fingerprint density at radius 1 is 1.19 bits per heavy atom. The quantitative estimate of drug-likeness (QED) is 0.864. The second-order valence-corrected chi connectivity index (χ2v) is 5.28. The Morgan fingerprint density at radius 2 is 1.86 bits per heavy atom. The Labute approximate surface area is 133 Å². The number of hydrogen-bond acceptors (Lipinski definition) is 2. The van der Waals surface area contributed by atoms with Gasteiger partial charge in [-0.05, 0) is 49.7 Å². The fraction of sp³-hybridized carbons (Fsp3) is 0.188. The van der Waals surface area contributed by atoms with Crippen molar-refractivity contribution in [2.24, 2.45) is 0 Å². The third kappa shape index (κ3) is 3.69. The zero-order chi connectivity index (χ0) is 15.4. The van der Waals surface area contributed by atoms with Gasteiger partial charge in [0.25, 0.3) is 5.91 Å². The summed E-state index contributed by atoms with van der Waals surface area (Å²) < 4.78 is 5.45. The van der Waals surface area contributed by atoms with Crippen LogP contribution in [0.25, 0.3) is 0 Å². The van der Waals surface area contributed by atoms with Crippen LogP contribution in [0.3, 0.4) is 0 Å². The second kappa shape index (κ2) is 6.83. The molecule has 21 heavy (non-hydrogen) atoms. The van der Waals surface area contributed by atoms with E-state index < -0.39 is 0 Å². The van der Waals surface area contributed by atoms with Gasteiger partial charge in [-0.1, -0.05) is 29.3 Å². The lowest BCUT2D eigenvalue weighted by atomic mass is 10.1. The average Bonchev–Trinajstić information content (AvgIpc) is 2.45. The maximum atomic E-state index is 12.3. The van der Waals surface area contributed by atoms with Crippen LogP contribution in [0.5, 0.6) is 5.75 Å². The lowest BCUT2D eigenvalue weighted by Gasteiger charge is -2.11. The number of para-hydroxylation sites is 1. The van der Waals surface area contributed by atoms with Crippen LogP contribution in [0.4, 0.5) is 5.69 Å². The molecule has 0 atom stereocenters. The van der Waals surface area contributed by atoms with Gasteiger partial charge in [0.05, 0.1) is 22.3 Å². The summed E-state index contributed by atoms with van der Waals surface area (Å²) in [6.07, 6.45) is 0. The van der Waals surface area contributed by atoms with E-state index in [0.29, 0.717) is 27.9 Å². The third-order valence-corrected chi connectivity index (χ3v) is 3.57. The molecule has 0 heterocycles. The van der Waals surface area contributed by atoms with Gasteiger partial charge in [-0.15, -0.1) is 0 Å². The van der Waals surface area contributed by atoms with Crippen LogP contribution in [0.15, 0.2) is 36.4 Å². The molecule has 2 aromatic rings. The van der Waals surface area contributed by atoms with Crippen molar-refractivity contribution in [2.45, 2.75) is 13.8 Å². The van der Waals surface area contributed by atoms with E-state index in [9.17, 15) is 4.79 Å². The minimum absolute atomic E-state index is 0.267. The molecule has 0 spiro atoms. The standard InChI is InChI=1S/C16H15Cl2NO2/c1-3-21-14-8-7-11(9-10(14)2)16(20)19-15-12(17)5-4-6-13(15)18/h4-9H,3H2,1-2H3,(H,19,20). The van der Waals surface area contributed by atoms with Crippen LogP contribution >= 0.6 is 23.2 Å². The number of hydrogen-bond donors (Lipinski definition) is 1. The number of rotatable bonds is 4. The molecule has 0 bridgehead atoms. The minimum Gasteiger partial charge on any atom is -0.494 e. The third-order valence-electron chi connectivity index (χ3n) is 2.94. The number of aryl methyl sites for hydroxylation is 1. The highest BCUT2D eigenvalue weighted by Gasteiger charge is 2.12. The van der Waals surface area contributed by atoms with Gasteiger partial charge >= 0.3 is 0 Å². The zero-order valence-electron chi connectivity index (χ0n) is 11.7. The first-order valence-corrected chi connectivity index (χ1v) is 7.27. The fourth-order valence-electron chi connectivity index (χ4n) is 1.91. The van der Waals surface area contributed by atoms with Gasteiger partial charge < -0.3 is 10.1 Å². The highest BCUT2D eigenvalue weighted by Crippen LogP contribution is 2.30. The number of benzene rings is 2. The molecule has 0 fully saturated rings. The molecule has 1 amide bonds. The molecule has 5 heteroatoms. The molecule has 0 aliphatic heterocycles. The number of amides is 1. The first-order chi connectivity index (χ1) is 10.0. The van der Waals surface area contributed by atoms with Crippen molar-refractivity contribution in [2.75, 3.05) is 11.9 Å². The highest BCUT2D eigenvalue weighted by molar-refractivity contribution is 6.40. The van der Waals surface area contributed by atoms with Crippen molar-refractivity contribution >= 4 is 34.8 Å². The molecule has 110 valence electrons. The van der Waals surface area contributed by atoms with E-state index in [-0.39, 0.29) is 5.91 Å². The molecule has 0 radical (unpaired) electrons. The number of halogens is 2. The maximum absolute atomic E-state index is 12.3. The van der Waals surface area contributed by atoms with Crippen LogP contribution < -0.4 is 10.1 Å². The van der Waals surface area contributed by atoms with Crippen molar-refractivity contribution in [1.29, 1.82) is 0 Å². The van der Waals surface area contributed by atoms with Gasteiger partial charge in [-0.25, -0.2) is 0 Å². The first kappa shape index (κ1) is 15.7. The zero-order valence-corrected chi connectivity index (χ0v) is 13.3. The normalized spacial score (nSPS) is 10.3. The molecule has 1 N–H and O–H groups in total. The number of carbonyl (C=O) groups excluding carboxylic acids is 1. The molecule has 2 rings (SSSR count). The van der Waals surface area contributed by atoms with Gasteiger partial charge in [0.1, 0.15) is 5.75 Å². The number of nitrogens with one attached hydrogen (secondary N) is 1. The van der Waals surface area contributed by atoms with Crippen molar-refractivity contribution in [1.82, 2.24) is 0 Å². The maximum Gasteiger partial charge on any atom is 0.255 e. The Hall–Kier alpha value is -1.71. The summed E-state index contributed by atoms with van der Waals surface area (Å²) in [5.41, 5.74) is 1.83. The predicted molar refractivity (Wildman–Crippen MR) is 86.8 cm³/mol. The molecule has 0 aliphatic carbocycles. The minimum atomic E-state index is -0.267. The molecule has 3 nitrogen and oxygen atoms in total. The molecule has 0 saturated heterocycles. The topological polar surface area (TPSA) is 38.3 Å². The van der Waals surface area contributed by atoms with Gasteiger partial charge in [-0.2, -0.15) is 0 Å². The van der Waals surface area contributed by atoms with Crippen LogP contribution in [0.2, 0.25) is 10.0 Å². The van der Waals surface area contributed by atoms with Gasteiger partial charge in [0.2, 0.25) is 0 Å². The molecule has 2 aromatic carbocycles. The molecular weight excluding hydrogens is 309 g/mol. The molecule has 0 aromatic heterocycles. The van der Waals surface area contributed by atoms with E-state index in [0.717, 1.165) is 11.3 Å². The van der Waals surface area contributed by atoms with E-state index >= 15 is 0 Å². The monoisotopic (exact) mass is 323 g/mol. The van der Waals surface area contributed by atoms with Gasteiger partial charge in [0.15, 0.2) is 0 Å². The first-order valence-electron chi connectivity index (χ1n) is 6.51. The van der Waals surface area contributed by atoms with Gasteiger partial charge in [0, 0.05) is 5.56 Å². The summed E-state index contributed by atoms with van der Waals surface area (Å²) in [6.45, 7) is 4.39. The molecular formula is C16H15Cl2NO2. The van der Waals surface area contributed by atoms with Crippen molar-refractivity contribution < 1.29 is 9.53 Å². The Kier molecular flexibility index (Phi) is 5.10. The smallest absolute Gasteiger partial charge is 0.255 e. The summed E-state index contributed by atoms with van der Waals surface area (Å²) in [5.74, 6) is 0.501. The summed E-state index contributed by atoms with van der Waals surface area (Å²) >= 11 is 12.1. The summed E-state index contributed by atoms with van der Waals surface area (Å²) in [5, 5.41) is 3.53.